The lowest BCUT2D eigenvalue weighted by molar-refractivity contribution is 0.153. The molecule has 0 aromatic heterocycles. The lowest BCUT2D eigenvalue weighted by atomic mass is 9.90. The van der Waals surface area contributed by atoms with Crippen LogP contribution in [0.15, 0.2) is 18.2 Å². The van der Waals surface area contributed by atoms with Gasteiger partial charge in [0.05, 0.1) is 0 Å². The molecular weight excluding hydrogens is 232 g/mol. The maximum Gasteiger partial charge on any atom is 0.0354 e. The first kappa shape index (κ1) is 14.5. The van der Waals surface area contributed by atoms with Gasteiger partial charge in [0.1, 0.15) is 0 Å². The summed E-state index contributed by atoms with van der Waals surface area (Å²) < 4.78 is 0. The third-order valence-electron chi connectivity index (χ3n) is 4.29. The molecule has 0 unspecified atom stereocenters. The normalized spacial score (nSPS) is 18.8. The number of nitrogens with zero attached hydrogens (tertiary/aromatic N) is 1. The SMILES string of the molecule is Cc1cccc([C@H](CC(C)C)N2CCNCC2)c1C. The number of benzene rings is 1. The van der Waals surface area contributed by atoms with E-state index in [0.29, 0.717) is 6.04 Å². The van der Waals surface area contributed by atoms with Crippen molar-refractivity contribution in [2.75, 3.05) is 26.2 Å². The van der Waals surface area contributed by atoms with Crippen molar-refractivity contribution in [3.05, 3.63) is 34.9 Å². The molecule has 1 aromatic rings. The van der Waals surface area contributed by atoms with Crippen molar-refractivity contribution in [2.45, 2.75) is 40.2 Å². The summed E-state index contributed by atoms with van der Waals surface area (Å²) in [7, 11) is 0. The van der Waals surface area contributed by atoms with Gasteiger partial charge in [0, 0.05) is 32.2 Å². The van der Waals surface area contributed by atoms with Crippen LogP contribution in [-0.4, -0.2) is 31.1 Å². The molecule has 1 aromatic carbocycles. The molecule has 1 aliphatic rings. The van der Waals surface area contributed by atoms with E-state index in [1.165, 1.54) is 36.2 Å². The van der Waals surface area contributed by atoms with Gasteiger partial charge in [-0.1, -0.05) is 32.0 Å². The van der Waals surface area contributed by atoms with Crippen LogP contribution in [-0.2, 0) is 0 Å². The zero-order valence-electron chi connectivity index (χ0n) is 12.9. The van der Waals surface area contributed by atoms with Crippen LogP contribution < -0.4 is 5.32 Å². The summed E-state index contributed by atoms with van der Waals surface area (Å²) >= 11 is 0. The second-order valence-electron chi connectivity index (χ2n) is 6.22. The minimum Gasteiger partial charge on any atom is -0.314 e. The maximum atomic E-state index is 3.46. The van der Waals surface area contributed by atoms with Gasteiger partial charge in [-0.15, -0.1) is 0 Å². The van der Waals surface area contributed by atoms with Crippen LogP contribution >= 0.6 is 0 Å². The van der Waals surface area contributed by atoms with Crippen LogP contribution in [0.3, 0.4) is 0 Å². The fraction of sp³-hybridized carbons (Fsp3) is 0.647. The van der Waals surface area contributed by atoms with Gasteiger partial charge < -0.3 is 5.32 Å². The molecule has 2 nitrogen and oxygen atoms in total. The molecule has 106 valence electrons. The van der Waals surface area contributed by atoms with Crippen molar-refractivity contribution >= 4 is 0 Å². The minimum atomic E-state index is 0.585. The topological polar surface area (TPSA) is 15.3 Å². The second-order valence-corrected chi connectivity index (χ2v) is 6.22. The Morgan fingerprint density at radius 2 is 1.84 bits per heavy atom. The zero-order valence-corrected chi connectivity index (χ0v) is 12.9. The smallest absolute Gasteiger partial charge is 0.0354 e. The molecule has 2 rings (SSSR count). The monoisotopic (exact) mass is 260 g/mol. The van der Waals surface area contributed by atoms with Crippen molar-refractivity contribution in [3.63, 3.8) is 0 Å². The summed E-state index contributed by atoms with van der Waals surface area (Å²) in [5, 5.41) is 3.46. The van der Waals surface area contributed by atoms with Gasteiger partial charge in [-0.2, -0.15) is 0 Å². The lowest BCUT2D eigenvalue weighted by Gasteiger charge is -2.37. The molecule has 1 atom stereocenters. The summed E-state index contributed by atoms with van der Waals surface area (Å²) in [6, 6.07) is 7.36. The average molecular weight is 260 g/mol. The highest BCUT2D eigenvalue weighted by atomic mass is 15.2. The van der Waals surface area contributed by atoms with Crippen LogP contribution in [0.25, 0.3) is 0 Å². The van der Waals surface area contributed by atoms with E-state index in [-0.39, 0.29) is 0 Å². The summed E-state index contributed by atoms with van der Waals surface area (Å²) in [5.41, 5.74) is 4.43. The van der Waals surface area contributed by atoms with Crippen molar-refractivity contribution < 1.29 is 0 Å². The van der Waals surface area contributed by atoms with E-state index in [9.17, 15) is 0 Å². The molecule has 1 aliphatic heterocycles. The predicted octanol–water partition coefficient (Wildman–Crippen LogP) is 3.30. The van der Waals surface area contributed by atoms with Gasteiger partial charge >= 0.3 is 0 Å². The number of rotatable bonds is 4. The van der Waals surface area contributed by atoms with Gasteiger partial charge in [-0.05, 0) is 42.9 Å². The Kier molecular flexibility index (Phi) is 5.00. The van der Waals surface area contributed by atoms with E-state index < -0.39 is 0 Å². The largest absolute Gasteiger partial charge is 0.314 e. The molecule has 0 bridgehead atoms. The molecule has 2 heteroatoms. The summed E-state index contributed by atoms with van der Waals surface area (Å²) in [6.07, 6.45) is 1.25. The number of piperazine rings is 1. The first-order valence-corrected chi connectivity index (χ1v) is 7.60. The van der Waals surface area contributed by atoms with Crippen LogP contribution in [0.2, 0.25) is 0 Å². The Labute approximate surface area is 118 Å². The summed E-state index contributed by atoms with van der Waals surface area (Å²) in [4.78, 5) is 2.66. The summed E-state index contributed by atoms with van der Waals surface area (Å²) in [5.74, 6) is 0.736. The fourth-order valence-corrected chi connectivity index (χ4v) is 3.05. The van der Waals surface area contributed by atoms with E-state index in [2.05, 4.69) is 56.1 Å². The lowest BCUT2D eigenvalue weighted by Crippen LogP contribution is -2.45. The van der Waals surface area contributed by atoms with Gasteiger partial charge in [0.15, 0.2) is 0 Å². The molecule has 0 saturated carbocycles. The zero-order chi connectivity index (χ0) is 13.8. The van der Waals surface area contributed by atoms with Gasteiger partial charge in [0.25, 0.3) is 0 Å². The first-order valence-electron chi connectivity index (χ1n) is 7.60. The van der Waals surface area contributed by atoms with E-state index in [0.717, 1.165) is 19.0 Å². The van der Waals surface area contributed by atoms with Gasteiger partial charge in [-0.25, -0.2) is 0 Å². The van der Waals surface area contributed by atoms with Crippen molar-refractivity contribution in [1.29, 1.82) is 0 Å². The molecule has 19 heavy (non-hydrogen) atoms. The van der Waals surface area contributed by atoms with E-state index in [4.69, 9.17) is 0 Å². The van der Waals surface area contributed by atoms with Crippen LogP contribution in [0.1, 0.15) is 43.0 Å². The van der Waals surface area contributed by atoms with Crippen LogP contribution in [0, 0.1) is 19.8 Å². The van der Waals surface area contributed by atoms with E-state index in [1.807, 2.05) is 0 Å². The number of aryl methyl sites for hydroxylation is 1. The Morgan fingerprint density at radius 3 is 2.47 bits per heavy atom. The first-order chi connectivity index (χ1) is 9.09. The van der Waals surface area contributed by atoms with E-state index >= 15 is 0 Å². The van der Waals surface area contributed by atoms with Crippen molar-refractivity contribution in [1.82, 2.24) is 10.2 Å². The Balaban J connectivity index is 2.27. The third kappa shape index (κ3) is 3.58. The number of hydrogen-bond acceptors (Lipinski definition) is 2. The van der Waals surface area contributed by atoms with E-state index in [1.54, 1.807) is 0 Å². The molecule has 0 radical (unpaired) electrons. The highest BCUT2D eigenvalue weighted by Crippen LogP contribution is 2.31. The predicted molar refractivity (Wildman–Crippen MR) is 82.6 cm³/mol. The van der Waals surface area contributed by atoms with Gasteiger partial charge in [0.2, 0.25) is 0 Å². The molecule has 1 fully saturated rings. The standard InChI is InChI=1S/C17H28N2/c1-13(2)12-17(19-10-8-18-9-11-19)16-7-5-6-14(3)15(16)4/h5-7,13,17-18H,8-12H2,1-4H3/t17-/m0/s1. The Hall–Kier alpha value is -0.860. The van der Waals surface area contributed by atoms with Crippen LogP contribution in [0.4, 0.5) is 0 Å². The Morgan fingerprint density at radius 1 is 1.16 bits per heavy atom. The molecule has 1 N–H and O–H groups in total. The van der Waals surface area contributed by atoms with Crippen LogP contribution in [0.5, 0.6) is 0 Å². The van der Waals surface area contributed by atoms with Crippen molar-refractivity contribution in [3.8, 4) is 0 Å². The highest BCUT2D eigenvalue weighted by Gasteiger charge is 2.24. The molecular formula is C17H28N2. The Bertz CT molecular complexity index is 406. The third-order valence-corrected chi connectivity index (χ3v) is 4.29. The summed E-state index contributed by atoms with van der Waals surface area (Å²) in [6.45, 7) is 13.8. The number of nitrogens with one attached hydrogen (secondary N) is 1. The quantitative estimate of drug-likeness (QED) is 0.893. The molecule has 0 spiro atoms. The molecule has 0 amide bonds. The minimum absolute atomic E-state index is 0.585. The molecule has 0 aliphatic carbocycles. The highest BCUT2D eigenvalue weighted by molar-refractivity contribution is 5.35. The maximum absolute atomic E-state index is 3.46. The van der Waals surface area contributed by atoms with Crippen molar-refractivity contribution in [2.24, 2.45) is 5.92 Å². The average Bonchev–Trinajstić information content (AvgIpc) is 2.40. The van der Waals surface area contributed by atoms with Gasteiger partial charge in [-0.3, -0.25) is 4.90 Å². The molecule has 1 saturated heterocycles. The second kappa shape index (κ2) is 6.53. The molecule has 1 heterocycles. The number of hydrogen-bond donors (Lipinski definition) is 1. The fourth-order valence-electron chi connectivity index (χ4n) is 3.05.